The van der Waals surface area contributed by atoms with E-state index in [-0.39, 0.29) is 0 Å². The molecule has 0 heterocycles. The van der Waals surface area contributed by atoms with Crippen LogP contribution in [0, 0.1) is 47.3 Å². The molecule has 5 nitrogen and oxygen atoms in total. The molecule has 0 aromatic heterocycles. The Hall–Kier alpha value is 0.0613. The fourth-order valence-electron chi connectivity index (χ4n) is 14.2. The summed E-state index contributed by atoms with van der Waals surface area (Å²) >= 11 is 0. The van der Waals surface area contributed by atoms with E-state index in [9.17, 15) is 0 Å². The van der Waals surface area contributed by atoms with Crippen molar-refractivity contribution in [2.45, 2.75) is 217 Å². The molecule has 8 unspecified atom stereocenters. The predicted molar refractivity (Wildman–Crippen MR) is 268 cm³/mol. The lowest BCUT2D eigenvalue weighted by molar-refractivity contribution is 0.175. The molecule has 0 spiro atoms. The number of hydrogen-bond acceptors (Lipinski definition) is 5. The highest BCUT2D eigenvalue weighted by Crippen LogP contribution is 2.51. The maximum atomic E-state index is 8.08. The van der Waals surface area contributed by atoms with Crippen LogP contribution in [0.5, 0.6) is 0 Å². The molecule has 9 rings (SSSR count). The molecule has 5 fully saturated rings. The van der Waals surface area contributed by atoms with Crippen LogP contribution < -0.4 is 0 Å². The van der Waals surface area contributed by atoms with Crippen molar-refractivity contribution in [3.63, 3.8) is 0 Å². The van der Waals surface area contributed by atoms with Gasteiger partial charge in [0.2, 0.25) is 0 Å². The lowest BCUT2D eigenvalue weighted by Crippen LogP contribution is -2.65. The molecule has 0 amide bonds. The van der Waals surface area contributed by atoms with Gasteiger partial charge in [0.05, 0.1) is 0 Å². The molecule has 0 aromatic rings. The summed E-state index contributed by atoms with van der Waals surface area (Å²) in [6.07, 6.45) is 38.5. The van der Waals surface area contributed by atoms with Crippen molar-refractivity contribution < 1.29 is 20.6 Å². The van der Waals surface area contributed by atoms with Gasteiger partial charge in [-0.25, -0.2) is 0 Å². The molecule has 5 saturated carbocycles. The van der Waals surface area contributed by atoms with Gasteiger partial charge in [0, 0.05) is 5.54 Å². The van der Waals surface area contributed by atoms with E-state index in [0.29, 0.717) is 5.54 Å². The molecule has 9 aliphatic rings. The topological polar surface area (TPSA) is 46.2 Å². The largest absolute Gasteiger partial charge is 0.475 e. The van der Waals surface area contributed by atoms with Gasteiger partial charge in [-0.15, -0.1) is 0 Å². The van der Waals surface area contributed by atoms with Crippen LogP contribution in [0.3, 0.4) is 0 Å². The summed E-state index contributed by atoms with van der Waals surface area (Å²) in [5.41, 5.74) is 7.32. The van der Waals surface area contributed by atoms with E-state index in [1.807, 2.05) is 0 Å². The first-order chi connectivity index (χ1) is 29.0. The zero-order chi connectivity index (χ0) is 42.6. The number of hydrogen-bond donors (Lipinski definition) is 0. The van der Waals surface area contributed by atoms with E-state index in [1.165, 1.54) is 135 Å². The van der Waals surface area contributed by atoms with Gasteiger partial charge < -0.3 is 20.6 Å². The van der Waals surface area contributed by atoms with Gasteiger partial charge in [-0.2, -0.15) is 0 Å². The smallest absolute Gasteiger partial charge is 0.419 e. The fraction of sp³-hybridized carbons (Fsp3) is 0.840. The second-order valence-electron chi connectivity index (χ2n) is 24.9. The average Bonchev–Trinajstić information content (AvgIpc) is 4.08. The minimum Gasteiger partial charge on any atom is -0.419 e. The second kappa shape index (κ2) is 18.6. The minimum absolute atomic E-state index is 0.346. The van der Waals surface area contributed by atoms with Crippen LogP contribution in [-0.2, 0) is 20.6 Å². The van der Waals surface area contributed by atoms with E-state index in [4.69, 9.17) is 20.6 Å². The van der Waals surface area contributed by atoms with Crippen molar-refractivity contribution in [1.29, 1.82) is 0 Å². The highest BCUT2D eigenvalue weighted by Gasteiger charge is 2.58. The van der Waals surface area contributed by atoms with Gasteiger partial charge in [-0.1, -0.05) is 65.9 Å². The van der Waals surface area contributed by atoms with Crippen molar-refractivity contribution in [3.8, 4) is 0 Å². The molecule has 8 bridgehead atoms. The van der Waals surface area contributed by atoms with Crippen LogP contribution in [0.25, 0.3) is 0 Å². The highest BCUT2D eigenvalue weighted by atomic mass is 28.5. The zero-order valence-electron chi connectivity index (χ0n) is 40.3. The highest BCUT2D eigenvalue weighted by molar-refractivity contribution is 6.90. The van der Waals surface area contributed by atoms with Gasteiger partial charge in [0.15, 0.2) is 33.3 Å². The van der Waals surface area contributed by atoms with Crippen molar-refractivity contribution >= 4 is 51.6 Å². The van der Waals surface area contributed by atoms with Gasteiger partial charge in [0.25, 0.3) is 0 Å². The van der Waals surface area contributed by atoms with E-state index >= 15 is 0 Å². The average molecular weight is 938 g/mol. The Morgan fingerprint density at radius 2 is 0.738 bits per heavy atom. The van der Waals surface area contributed by atoms with Crippen LogP contribution in [-0.4, -0.2) is 51.6 Å². The summed E-state index contributed by atoms with van der Waals surface area (Å²) in [6.45, 7) is 20.0. The van der Waals surface area contributed by atoms with Gasteiger partial charge >= 0.3 is 18.3 Å². The molecule has 0 radical (unpaired) electrons. The second-order valence-corrected chi connectivity index (χ2v) is 48.0. The standard InChI is InChI=1S/C50H88O5Si6/c1-57(2,26-22-46-34-38-14-18-42(46)30-38)51-56(52-58(3,4)27-23-47-35-39-15-19-43(47)31-39)53-61(50-12-10-9-11-13-50,54-59(5,6)28-24-48-36-40-16-20-44(48)32-40)55-60(7,8)29-25-49-37-41-17-21-45(49)33-41/h34-45,50,56H,9-33H2,1-8H3. The van der Waals surface area contributed by atoms with Crippen LogP contribution in [0.15, 0.2) is 46.6 Å². The van der Waals surface area contributed by atoms with Gasteiger partial charge in [-0.3, -0.25) is 0 Å². The molecule has 0 aliphatic heterocycles. The van der Waals surface area contributed by atoms with Gasteiger partial charge in [0.1, 0.15) is 0 Å². The molecule has 0 N–H and O–H groups in total. The molecular formula is C50H88O5Si6. The first-order valence-corrected chi connectivity index (χ1v) is 41.9. The third kappa shape index (κ3) is 11.4. The minimum atomic E-state index is -3.32. The SMILES string of the molecule is C[Si](C)(CCC1=CC2CCC1C2)O[SiH](O[Si](C)(C)CCC1=CC2CCC1C2)O[Si](O[Si](C)(C)CCC1=CC2CCC1C2)(O[Si](C)(C)CCC1=CC2CCC1C2)C1CCCCC1. The van der Waals surface area contributed by atoms with E-state index in [1.54, 1.807) is 22.3 Å². The molecule has 61 heavy (non-hydrogen) atoms. The normalized spacial score (nSPS) is 33.7. The summed E-state index contributed by atoms with van der Waals surface area (Å²) < 4.78 is 39.6. The third-order valence-electron chi connectivity index (χ3n) is 17.9. The van der Waals surface area contributed by atoms with Gasteiger partial charge in [-0.05, 0) is 239 Å². The monoisotopic (exact) mass is 937 g/mol. The number of allylic oxidation sites excluding steroid dienone is 8. The lowest BCUT2D eigenvalue weighted by atomic mass is 9.97. The Morgan fingerprint density at radius 1 is 0.410 bits per heavy atom. The molecule has 8 atom stereocenters. The first-order valence-electron chi connectivity index (χ1n) is 26.2. The maximum Gasteiger partial charge on any atom is 0.475 e. The van der Waals surface area contributed by atoms with E-state index in [2.05, 4.69) is 76.7 Å². The van der Waals surface area contributed by atoms with Crippen molar-refractivity contribution in [3.05, 3.63) is 46.6 Å². The predicted octanol–water partition coefficient (Wildman–Crippen LogP) is 14.9. The Kier molecular flexibility index (Phi) is 14.1. The molecule has 9 aliphatic carbocycles. The van der Waals surface area contributed by atoms with Crippen LogP contribution in [0.2, 0.25) is 82.1 Å². The Balaban J connectivity index is 1.00. The van der Waals surface area contributed by atoms with Crippen molar-refractivity contribution in [2.75, 3.05) is 0 Å². The maximum absolute atomic E-state index is 8.08. The van der Waals surface area contributed by atoms with Crippen LogP contribution in [0.1, 0.15) is 135 Å². The lowest BCUT2D eigenvalue weighted by Gasteiger charge is -2.48. The molecule has 342 valence electrons. The van der Waals surface area contributed by atoms with Crippen molar-refractivity contribution in [1.82, 2.24) is 0 Å². The zero-order valence-corrected chi connectivity index (χ0v) is 46.5. The Morgan fingerprint density at radius 3 is 1.03 bits per heavy atom. The molecule has 11 heteroatoms. The fourth-order valence-corrected chi connectivity index (χ4v) is 37.8. The first kappa shape index (κ1) is 46.2. The summed E-state index contributed by atoms with van der Waals surface area (Å²) in [4.78, 5) is 0. The Bertz CT molecular complexity index is 1590. The van der Waals surface area contributed by atoms with Crippen LogP contribution >= 0.6 is 0 Å². The van der Waals surface area contributed by atoms with E-state index in [0.717, 1.165) is 71.5 Å². The summed E-state index contributed by atoms with van der Waals surface area (Å²) in [6, 6.07) is 4.64. The quantitative estimate of drug-likeness (QED) is 0.0755. The Labute approximate surface area is 380 Å². The summed E-state index contributed by atoms with van der Waals surface area (Å²) in [5, 5.41) is 0. The van der Waals surface area contributed by atoms with E-state index < -0.39 is 51.6 Å². The third-order valence-corrected chi connectivity index (χ3v) is 40.7. The van der Waals surface area contributed by atoms with Crippen LogP contribution in [0.4, 0.5) is 0 Å². The molecule has 0 aromatic carbocycles. The number of rotatable bonds is 23. The molecular weight excluding hydrogens is 849 g/mol. The number of fused-ring (bicyclic) bond motifs is 8. The summed E-state index contributed by atoms with van der Waals surface area (Å²) in [5.74, 6) is 6.69. The van der Waals surface area contributed by atoms with Crippen molar-refractivity contribution in [2.24, 2.45) is 47.3 Å². The summed E-state index contributed by atoms with van der Waals surface area (Å²) in [7, 11) is -14.8. The molecule has 0 saturated heterocycles.